The molecule has 0 aromatic rings. The lowest BCUT2D eigenvalue weighted by Gasteiger charge is -2.04. The van der Waals surface area contributed by atoms with Gasteiger partial charge in [-0.25, -0.2) is 0 Å². The van der Waals surface area contributed by atoms with E-state index in [4.69, 9.17) is 0 Å². The lowest BCUT2D eigenvalue weighted by Crippen LogP contribution is -2.19. The van der Waals surface area contributed by atoms with E-state index in [1.165, 1.54) is 11.0 Å². The standard InChI is InChI=1S/C6H7NO2/c1-7-3-5(4-8)2-6(7)9/h2,4H,3H2,1H3. The van der Waals surface area contributed by atoms with Crippen molar-refractivity contribution in [2.75, 3.05) is 13.6 Å². The summed E-state index contributed by atoms with van der Waals surface area (Å²) in [5.74, 6) is -0.0860. The average molecular weight is 125 g/mol. The van der Waals surface area contributed by atoms with Crippen molar-refractivity contribution in [3.8, 4) is 0 Å². The summed E-state index contributed by atoms with van der Waals surface area (Å²) in [5, 5.41) is 0. The van der Waals surface area contributed by atoms with Gasteiger partial charge in [-0.3, -0.25) is 9.59 Å². The number of hydrogen-bond acceptors (Lipinski definition) is 2. The minimum absolute atomic E-state index is 0.0860. The third-order valence-electron chi connectivity index (χ3n) is 1.26. The summed E-state index contributed by atoms with van der Waals surface area (Å²) in [7, 11) is 1.66. The van der Waals surface area contributed by atoms with Crippen molar-refractivity contribution in [2.24, 2.45) is 0 Å². The maximum Gasteiger partial charge on any atom is 0.247 e. The van der Waals surface area contributed by atoms with Crippen LogP contribution in [0, 0.1) is 0 Å². The molecule has 0 N–H and O–H groups in total. The zero-order valence-corrected chi connectivity index (χ0v) is 5.13. The normalized spacial score (nSPS) is 18.1. The SMILES string of the molecule is CN1CC(C=O)=CC1=O. The number of amides is 1. The first-order chi connectivity index (χ1) is 4.24. The van der Waals surface area contributed by atoms with Crippen molar-refractivity contribution in [1.82, 2.24) is 4.90 Å². The highest BCUT2D eigenvalue weighted by molar-refractivity contribution is 5.97. The predicted molar refractivity (Wildman–Crippen MR) is 31.8 cm³/mol. The molecule has 1 aliphatic rings. The van der Waals surface area contributed by atoms with Crippen molar-refractivity contribution in [2.45, 2.75) is 0 Å². The number of rotatable bonds is 1. The molecule has 9 heavy (non-hydrogen) atoms. The van der Waals surface area contributed by atoms with Gasteiger partial charge in [0.05, 0.1) is 0 Å². The lowest BCUT2D eigenvalue weighted by atomic mass is 10.3. The highest BCUT2D eigenvalue weighted by Gasteiger charge is 2.15. The Morgan fingerprint density at radius 3 is 2.67 bits per heavy atom. The van der Waals surface area contributed by atoms with E-state index in [1.807, 2.05) is 0 Å². The molecule has 1 aliphatic heterocycles. The van der Waals surface area contributed by atoms with E-state index >= 15 is 0 Å². The Balaban J connectivity index is 2.73. The summed E-state index contributed by atoms with van der Waals surface area (Å²) in [5.41, 5.74) is 0.558. The van der Waals surface area contributed by atoms with Crippen molar-refractivity contribution < 1.29 is 9.59 Å². The second kappa shape index (κ2) is 2.01. The molecule has 3 nitrogen and oxygen atoms in total. The second-order valence-electron chi connectivity index (χ2n) is 2.03. The van der Waals surface area contributed by atoms with Gasteiger partial charge in [-0.1, -0.05) is 0 Å². The van der Waals surface area contributed by atoms with Gasteiger partial charge in [0.25, 0.3) is 0 Å². The molecule has 0 atom stereocenters. The summed E-state index contributed by atoms with van der Waals surface area (Å²) in [4.78, 5) is 22.2. The minimum atomic E-state index is -0.0860. The van der Waals surface area contributed by atoms with Crippen LogP contribution in [0.2, 0.25) is 0 Å². The van der Waals surface area contributed by atoms with Gasteiger partial charge in [-0.05, 0) is 0 Å². The molecule has 0 aromatic heterocycles. The minimum Gasteiger partial charge on any atom is -0.338 e. The van der Waals surface area contributed by atoms with Crippen molar-refractivity contribution >= 4 is 12.2 Å². The maximum atomic E-state index is 10.6. The lowest BCUT2D eigenvalue weighted by molar-refractivity contribution is -0.123. The monoisotopic (exact) mass is 125 g/mol. The van der Waals surface area contributed by atoms with E-state index in [-0.39, 0.29) is 5.91 Å². The summed E-state index contributed by atoms with van der Waals surface area (Å²) in [6.45, 7) is 0.461. The summed E-state index contributed by atoms with van der Waals surface area (Å²) in [6.07, 6.45) is 2.06. The van der Waals surface area contributed by atoms with Gasteiger partial charge in [0.1, 0.15) is 6.29 Å². The Morgan fingerprint density at radius 1 is 1.78 bits per heavy atom. The smallest absolute Gasteiger partial charge is 0.247 e. The van der Waals surface area contributed by atoms with E-state index < -0.39 is 0 Å². The molecular formula is C6H7NO2. The third-order valence-corrected chi connectivity index (χ3v) is 1.26. The van der Waals surface area contributed by atoms with Crippen LogP contribution < -0.4 is 0 Å². The first-order valence-electron chi connectivity index (χ1n) is 2.65. The van der Waals surface area contributed by atoms with Crippen molar-refractivity contribution in [1.29, 1.82) is 0 Å². The van der Waals surface area contributed by atoms with E-state index in [1.54, 1.807) is 7.05 Å². The molecule has 48 valence electrons. The van der Waals surface area contributed by atoms with Gasteiger partial charge in [0.15, 0.2) is 0 Å². The number of nitrogens with zero attached hydrogens (tertiary/aromatic N) is 1. The van der Waals surface area contributed by atoms with Crippen LogP contribution in [0.5, 0.6) is 0 Å². The average Bonchev–Trinajstić information content (AvgIpc) is 2.13. The topological polar surface area (TPSA) is 37.4 Å². The van der Waals surface area contributed by atoms with Crippen LogP contribution in [-0.2, 0) is 9.59 Å². The largest absolute Gasteiger partial charge is 0.338 e. The van der Waals surface area contributed by atoms with Crippen LogP contribution in [0.1, 0.15) is 0 Å². The predicted octanol–water partition coefficient (Wildman–Crippen LogP) is -0.416. The molecule has 3 heteroatoms. The van der Waals surface area contributed by atoms with Crippen LogP contribution in [0.25, 0.3) is 0 Å². The highest BCUT2D eigenvalue weighted by Crippen LogP contribution is 2.04. The van der Waals surface area contributed by atoms with Crippen LogP contribution in [0.4, 0.5) is 0 Å². The molecule has 0 aliphatic carbocycles. The van der Waals surface area contributed by atoms with Crippen LogP contribution >= 0.6 is 0 Å². The molecule has 0 unspecified atom stereocenters. The Morgan fingerprint density at radius 2 is 2.44 bits per heavy atom. The van der Waals surface area contributed by atoms with Crippen LogP contribution in [0.15, 0.2) is 11.6 Å². The van der Waals surface area contributed by atoms with Crippen LogP contribution in [0.3, 0.4) is 0 Å². The van der Waals surface area contributed by atoms with Crippen molar-refractivity contribution in [3.63, 3.8) is 0 Å². The maximum absolute atomic E-state index is 10.6. The summed E-state index contributed by atoms with van der Waals surface area (Å²) < 4.78 is 0. The van der Waals surface area contributed by atoms with Gasteiger partial charge in [0.2, 0.25) is 5.91 Å². The molecule has 0 spiro atoms. The molecule has 1 heterocycles. The molecular weight excluding hydrogens is 118 g/mol. The fraction of sp³-hybridized carbons (Fsp3) is 0.333. The fourth-order valence-corrected chi connectivity index (χ4v) is 0.738. The quantitative estimate of drug-likeness (QED) is 0.446. The Labute approximate surface area is 53.0 Å². The first-order valence-corrected chi connectivity index (χ1v) is 2.65. The molecule has 0 saturated heterocycles. The Bertz CT molecular complexity index is 183. The third kappa shape index (κ3) is 0.988. The zero-order valence-electron chi connectivity index (χ0n) is 5.13. The molecule has 0 aromatic carbocycles. The molecule has 1 rings (SSSR count). The highest BCUT2D eigenvalue weighted by atomic mass is 16.2. The number of hydrogen-bond donors (Lipinski definition) is 0. The van der Waals surface area contributed by atoms with E-state index in [0.717, 1.165) is 0 Å². The molecule has 0 bridgehead atoms. The Hall–Kier alpha value is -1.12. The van der Waals surface area contributed by atoms with Gasteiger partial charge < -0.3 is 4.90 Å². The zero-order chi connectivity index (χ0) is 6.85. The number of aldehydes is 1. The Kier molecular flexibility index (Phi) is 1.34. The molecule has 1 amide bonds. The van der Waals surface area contributed by atoms with E-state index in [2.05, 4.69) is 0 Å². The number of carbonyl (C=O) groups excluding carboxylic acids is 2. The molecule has 0 radical (unpaired) electrons. The first kappa shape index (κ1) is 6.01. The molecule has 0 saturated carbocycles. The number of carbonyl (C=O) groups is 2. The fourth-order valence-electron chi connectivity index (χ4n) is 0.738. The number of likely N-dealkylation sites (N-methyl/N-ethyl adjacent to an activating group) is 1. The second-order valence-corrected chi connectivity index (χ2v) is 2.03. The van der Waals surface area contributed by atoms with E-state index in [0.29, 0.717) is 18.4 Å². The van der Waals surface area contributed by atoms with E-state index in [9.17, 15) is 9.59 Å². The van der Waals surface area contributed by atoms with Gasteiger partial charge in [-0.15, -0.1) is 0 Å². The van der Waals surface area contributed by atoms with Crippen LogP contribution in [-0.4, -0.2) is 30.7 Å². The summed E-state index contributed by atoms with van der Waals surface area (Å²) in [6, 6.07) is 0. The molecule has 0 fully saturated rings. The van der Waals surface area contributed by atoms with Gasteiger partial charge in [0, 0.05) is 25.2 Å². The van der Waals surface area contributed by atoms with Crippen molar-refractivity contribution in [3.05, 3.63) is 11.6 Å². The van der Waals surface area contributed by atoms with Gasteiger partial charge in [-0.2, -0.15) is 0 Å². The summed E-state index contributed by atoms with van der Waals surface area (Å²) >= 11 is 0. The van der Waals surface area contributed by atoms with Gasteiger partial charge >= 0.3 is 0 Å².